The lowest BCUT2D eigenvalue weighted by atomic mass is 9.88. The highest BCUT2D eigenvalue weighted by molar-refractivity contribution is 5.34. The van der Waals surface area contributed by atoms with Gasteiger partial charge in [-0.2, -0.15) is 0 Å². The molecular weight excluding hydrogens is 310 g/mol. The highest BCUT2D eigenvalue weighted by Crippen LogP contribution is 2.27. The van der Waals surface area contributed by atoms with E-state index in [2.05, 4.69) is 58.8 Å². The largest absolute Gasteiger partial charge is 0.365 e. The van der Waals surface area contributed by atoms with Gasteiger partial charge in [0, 0.05) is 31.4 Å². The zero-order valence-corrected chi connectivity index (χ0v) is 14.4. The Hall–Kier alpha value is -2.88. The fourth-order valence-corrected chi connectivity index (χ4v) is 3.05. The zero-order valence-electron chi connectivity index (χ0n) is 14.4. The van der Waals surface area contributed by atoms with Crippen molar-refractivity contribution >= 4 is 5.82 Å². The topological polar surface area (TPSA) is 46.9 Å². The molecule has 0 aliphatic heterocycles. The monoisotopic (exact) mass is 333 g/mol. The lowest BCUT2D eigenvalue weighted by molar-refractivity contribution is 0.710. The Labute approximate surface area is 148 Å². The summed E-state index contributed by atoms with van der Waals surface area (Å²) < 4.78 is 1.65. The second-order valence-electron chi connectivity index (χ2n) is 5.96. The molecule has 0 aliphatic carbocycles. The molecule has 0 bridgehead atoms. The average Bonchev–Trinajstić information content (AvgIpc) is 2.68. The van der Waals surface area contributed by atoms with E-state index in [9.17, 15) is 4.79 Å². The number of benzene rings is 2. The van der Waals surface area contributed by atoms with E-state index >= 15 is 0 Å². The van der Waals surface area contributed by atoms with Gasteiger partial charge < -0.3 is 9.88 Å². The average molecular weight is 333 g/mol. The Kier molecular flexibility index (Phi) is 5.62. The van der Waals surface area contributed by atoms with E-state index in [0.717, 1.165) is 6.42 Å². The molecular formula is C21H23N3O. The maximum absolute atomic E-state index is 12.3. The third-order valence-corrected chi connectivity index (χ3v) is 4.38. The summed E-state index contributed by atoms with van der Waals surface area (Å²) in [6.45, 7) is 3.28. The summed E-state index contributed by atoms with van der Waals surface area (Å²) in [5.41, 5.74) is 2.49. The van der Waals surface area contributed by atoms with Gasteiger partial charge in [0.15, 0.2) is 5.82 Å². The normalized spacial score (nSPS) is 10.8. The van der Waals surface area contributed by atoms with Crippen LogP contribution in [-0.2, 0) is 6.54 Å². The van der Waals surface area contributed by atoms with Crippen LogP contribution in [0.1, 0.15) is 30.4 Å². The molecule has 3 rings (SSSR count). The molecule has 0 spiro atoms. The van der Waals surface area contributed by atoms with Gasteiger partial charge in [0.25, 0.3) is 5.56 Å². The van der Waals surface area contributed by atoms with E-state index < -0.39 is 0 Å². The smallest absolute Gasteiger partial charge is 0.293 e. The van der Waals surface area contributed by atoms with Crippen LogP contribution in [0.25, 0.3) is 0 Å². The first kappa shape index (κ1) is 17.0. The van der Waals surface area contributed by atoms with Gasteiger partial charge in [-0.1, -0.05) is 60.7 Å². The highest BCUT2D eigenvalue weighted by atomic mass is 16.1. The van der Waals surface area contributed by atoms with E-state index in [1.165, 1.54) is 11.1 Å². The molecule has 4 heteroatoms. The van der Waals surface area contributed by atoms with Crippen LogP contribution in [0.4, 0.5) is 5.82 Å². The minimum atomic E-state index is -0.0685. The van der Waals surface area contributed by atoms with E-state index in [0.29, 0.717) is 18.9 Å². The van der Waals surface area contributed by atoms with Crippen molar-refractivity contribution in [2.24, 2.45) is 0 Å². The zero-order chi connectivity index (χ0) is 17.5. The second-order valence-corrected chi connectivity index (χ2v) is 5.96. The summed E-state index contributed by atoms with van der Waals surface area (Å²) in [5.74, 6) is 0.705. The maximum atomic E-state index is 12.3. The van der Waals surface area contributed by atoms with Gasteiger partial charge >= 0.3 is 0 Å². The SMILES string of the molecule is CCn1ccnc(NCCC(c2ccccc2)c2ccccc2)c1=O. The van der Waals surface area contributed by atoms with E-state index in [1.807, 2.05) is 19.1 Å². The Morgan fingerprint density at radius 3 is 2.16 bits per heavy atom. The van der Waals surface area contributed by atoms with Crippen LogP contribution in [0.3, 0.4) is 0 Å². The molecule has 0 saturated carbocycles. The molecule has 1 N–H and O–H groups in total. The lowest BCUT2D eigenvalue weighted by Gasteiger charge is -2.18. The van der Waals surface area contributed by atoms with Crippen LogP contribution in [0, 0.1) is 0 Å². The van der Waals surface area contributed by atoms with Gasteiger partial charge in [-0.15, -0.1) is 0 Å². The lowest BCUT2D eigenvalue weighted by Crippen LogP contribution is -2.24. The summed E-state index contributed by atoms with van der Waals surface area (Å²) >= 11 is 0. The molecule has 0 aliphatic rings. The summed E-state index contributed by atoms with van der Waals surface area (Å²) in [4.78, 5) is 16.4. The van der Waals surface area contributed by atoms with Crippen molar-refractivity contribution in [3.05, 3.63) is 94.5 Å². The Balaban J connectivity index is 1.75. The van der Waals surface area contributed by atoms with Crippen LogP contribution < -0.4 is 10.9 Å². The van der Waals surface area contributed by atoms with Crippen molar-refractivity contribution in [3.8, 4) is 0 Å². The fourth-order valence-electron chi connectivity index (χ4n) is 3.05. The number of hydrogen-bond acceptors (Lipinski definition) is 3. The van der Waals surface area contributed by atoms with Gasteiger partial charge in [-0.25, -0.2) is 4.98 Å². The van der Waals surface area contributed by atoms with Crippen molar-refractivity contribution in [2.75, 3.05) is 11.9 Å². The minimum absolute atomic E-state index is 0.0685. The second kappa shape index (κ2) is 8.29. The van der Waals surface area contributed by atoms with Crippen molar-refractivity contribution in [3.63, 3.8) is 0 Å². The van der Waals surface area contributed by atoms with Crippen molar-refractivity contribution in [2.45, 2.75) is 25.8 Å². The summed E-state index contributed by atoms with van der Waals surface area (Å²) in [7, 11) is 0. The number of rotatable bonds is 7. The number of aryl methyl sites for hydroxylation is 1. The third-order valence-electron chi connectivity index (χ3n) is 4.38. The van der Waals surface area contributed by atoms with Crippen molar-refractivity contribution in [1.82, 2.24) is 9.55 Å². The molecule has 3 aromatic rings. The number of nitrogens with one attached hydrogen (secondary N) is 1. The van der Waals surface area contributed by atoms with E-state index in [1.54, 1.807) is 17.0 Å². The van der Waals surface area contributed by atoms with E-state index in [4.69, 9.17) is 0 Å². The first-order chi connectivity index (χ1) is 12.3. The summed E-state index contributed by atoms with van der Waals surface area (Å²) in [5, 5.41) is 3.21. The Morgan fingerprint density at radius 1 is 1.00 bits per heavy atom. The van der Waals surface area contributed by atoms with Gasteiger partial charge in [-0.05, 0) is 24.5 Å². The molecule has 4 nitrogen and oxygen atoms in total. The molecule has 0 atom stereocenters. The third kappa shape index (κ3) is 4.15. The molecule has 0 saturated heterocycles. The molecule has 0 amide bonds. The fraction of sp³-hybridized carbons (Fsp3) is 0.238. The molecule has 2 aromatic carbocycles. The van der Waals surface area contributed by atoms with Crippen LogP contribution in [-0.4, -0.2) is 16.1 Å². The predicted molar refractivity (Wildman–Crippen MR) is 102 cm³/mol. The van der Waals surface area contributed by atoms with Gasteiger partial charge in [-0.3, -0.25) is 4.79 Å². The number of anilines is 1. The maximum Gasteiger partial charge on any atom is 0.293 e. The molecule has 25 heavy (non-hydrogen) atoms. The van der Waals surface area contributed by atoms with Crippen LogP contribution in [0.15, 0.2) is 77.9 Å². The van der Waals surface area contributed by atoms with Crippen LogP contribution in [0.2, 0.25) is 0 Å². The number of hydrogen-bond donors (Lipinski definition) is 1. The van der Waals surface area contributed by atoms with Gasteiger partial charge in [0.05, 0.1) is 0 Å². The molecule has 0 radical (unpaired) electrons. The van der Waals surface area contributed by atoms with Crippen molar-refractivity contribution < 1.29 is 0 Å². The van der Waals surface area contributed by atoms with Crippen molar-refractivity contribution in [1.29, 1.82) is 0 Å². The first-order valence-corrected chi connectivity index (χ1v) is 8.68. The first-order valence-electron chi connectivity index (χ1n) is 8.68. The molecule has 1 aromatic heterocycles. The number of nitrogens with zero attached hydrogens (tertiary/aromatic N) is 2. The Bertz CT molecular complexity index is 804. The molecule has 1 heterocycles. The highest BCUT2D eigenvalue weighted by Gasteiger charge is 2.14. The quantitative estimate of drug-likeness (QED) is 0.713. The van der Waals surface area contributed by atoms with Gasteiger partial charge in [0.1, 0.15) is 0 Å². The van der Waals surface area contributed by atoms with Crippen LogP contribution >= 0.6 is 0 Å². The molecule has 0 unspecified atom stereocenters. The predicted octanol–water partition coefficient (Wildman–Crippen LogP) is 3.90. The Morgan fingerprint density at radius 2 is 1.60 bits per heavy atom. The minimum Gasteiger partial charge on any atom is -0.365 e. The van der Waals surface area contributed by atoms with Crippen LogP contribution in [0.5, 0.6) is 0 Å². The molecule has 0 fully saturated rings. The number of aromatic nitrogens is 2. The van der Waals surface area contributed by atoms with E-state index in [-0.39, 0.29) is 11.5 Å². The van der Waals surface area contributed by atoms with Gasteiger partial charge in [0.2, 0.25) is 0 Å². The summed E-state index contributed by atoms with van der Waals surface area (Å²) in [6.07, 6.45) is 4.26. The summed E-state index contributed by atoms with van der Waals surface area (Å²) in [6, 6.07) is 21.0. The standard InChI is InChI=1S/C21H23N3O/c1-2-24-16-15-23-20(21(24)25)22-14-13-19(17-9-5-3-6-10-17)18-11-7-4-8-12-18/h3-12,15-16,19H,2,13-14H2,1H3,(H,22,23). The molecule has 128 valence electrons.